The molecule has 1 unspecified atom stereocenters. The fourth-order valence-corrected chi connectivity index (χ4v) is 4.36. The molecule has 3 heterocycles. The van der Waals surface area contributed by atoms with Gasteiger partial charge in [0, 0.05) is 44.8 Å². The van der Waals surface area contributed by atoms with Crippen molar-refractivity contribution in [2.75, 3.05) is 44.2 Å². The molecule has 31 heavy (non-hydrogen) atoms. The van der Waals surface area contributed by atoms with Gasteiger partial charge in [0.05, 0.1) is 18.8 Å². The molecule has 1 atom stereocenters. The summed E-state index contributed by atoms with van der Waals surface area (Å²) in [4.78, 5) is 31.5. The van der Waals surface area contributed by atoms with Crippen LogP contribution in [0.25, 0.3) is 0 Å². The van der Waals surface area contributed by atoms with Crippen molar-refractivity contribution in [1.82, 2.24) is 15.1 Å². The zero-order chi connectivity index (χ0) is 21.6. The minimum Gasteiger partial charge on any atom is -0.467 e. The zero-order valence-electron chi connectivity index (χ0n) is 17.6. The maximum absolute atomic E-state index is 13.1. The van der Waals surface area contributed by atoms with Crippen LogP contribution in [-0.2, 0) is 16.1 Å². The molecule has 0 spiro atoms. The number of benzene rings is 1. The van der Waals surface area contributed by atoms with Gasteiger partial charge in [-0.2, -0.15) is 0 Å². The van der Waals surface area contributed by atoms with E-state index in [1.807, 2.05) is 11.0 Å². The van der Waals surface area contributed by atoms with Crippen LogP contribution in [0.4, 0.5) is 10.1 Å². The Balaban J connectivity index is 1.21. The summed E-state index contributed by atoms with van der Waals surface area (Å²) in [6, 6.07) is 9.93. The number of furan rings is 1. The molecule has 1 aromatic heterocycles. The van der Waals surface area contributed by atoms with Crippen molar-refractivity contribution >= 4 is 17.5 Å². The number of carbonyl (C=O) groups excluding carboxylic acids is 2. The van der Waals surface area contributed by atoms with Crippen LogP contribution in [0.2, 0.25) is 0 Å². The topological polar surface area (TPSA) is 69.0 Å². The Morgan fingerprint density at radius 1 is 1.06 bits per heavy atom. The number of anilines is 1. The molecule has 2 saturated heterocycles. The normalized spacial score (nSPS) is 19.6. The lowest BCUT2D eigenvalue weighted by Gasteiger charge is -2.36. The third-order valence-corrected chi connectivity index (χ3v) is 6.12. The quantitative estimate of drug-likeness (QED) is 0.733. The zero-order valence-corrected chi connectivity index (χ0v) is 17.6. The Morgan fingerprint density at radius 2 is 1.84 bits per heavy atom. The lowest BCUT2D eigenvalue weighted by atomic mass is 10.2. The van der Waals surface area contributed by atoms with Crippen LogP contribution >= 0.6 is 0 Å². The van der Waals surface area contributed by atoms with Crippen molar-refractivity contribution in [3.8, 4) is 0 Å². The molecule has 7 nitrogen and oxygen atoms in total. The van der Waals surface area contributed by atoms with Crippen LogP contribution in [0.5, 0.6) is 0 Å². The van der Waals surface area contributed by atoms with Crippen molar-refractivity contribution in [3.63, 3.8) is 0 Å². The number of rotatable bonds is 7. The Bertz CT molecular complexity index is 863. The Kier molecular flexibility index (Phi) is 6.86. The molecule has 2 aromatic rings. The summed E-state index contributed by atoms with van der Waals surface area (Å²) < 4.78 is 18.4. The van der Waals surface area contributed by atoms with Crippen LogP contribution in [0.3, 0.4) is 0 Å². The van der Waals surface area contributed by atoms with Gasteiger partial charge in [0.15, 0.2) is 0 Å². The smallest absolute Gasteiger partial charge is 0.237 e. The molecule has 8 heteroatoms. The molecule has 2 amide bonds. The lowest BCUT2D eigenvalue weighted by molar-refractivity contribution is -0.133. The second kappa shape index (κ2) is 9.96. The van der Waals surface area contributed by atoms with E-state index in [0.29, 0.717) is 32.6 Å². The molecular weight excluding hydrogens is 399 g/mol. The largest absolute Gasteiger partial charge is 0.467 e. The molecule has 1 aromatic carbocycles. The molecule has 166 valence electrons. The van der Waals surface area contributed by atoms with E-state index < -0.39 is 0 Å². The van der Waals surface area contributed by atoms with Gasteiger partial charge in [-0.05, 0) is 55.8 Å². The third-order valence-electron chi connectivity index (χ3n) is 6.12. The summed E-state index contributed by atoms with van der Waals surface area (Å²) in [5, 5.41) is 2.93. The lowest BCUT2D eigenvalue weighted by Crippen LogP contribution is -2.50. The van der Waals surface area contributed by atoms with Crippen LogP contribution in [0.1, 0.15) is 25.0 Å². The summed E-state index contributed by atoms with van der Waals surface area (Å²) in [5.41, 5.74) is 0.981. The molecule has 0 saturated carbocycles. The minimum atomic E-state index is -0.243. The SMILES string of the molecule is O=C(NCc1ccco1)C1CCCN1CCC(=O)N1CCN(c2ccc(F)cc2)CC1. The van der Waals surface area contributed by atoms with E-state index in [0.717, 1.165) is 43.9 Å². The number of hydrogen-bond acceptors (Lipinski definition) is 5. The number of amides is 2. The highest BCUT2D eigenvalue weighted by Gasteiger charge is 2.31. The minimum absolute atomic E-state index is 0.00531. The van der Waals surface area contributed by atoms with Gasteiger partial charge in [-0.25, -0.2) is 4.39 Å². The highest BCUT2D eigenvalue weighted by Crippen LogP contribution is 2.20. The summed E-state index contributed by atoms with van der Waals surface area (Å²) in [6.45, 7) is 4.60. The Morgan fingerprint density at radius 3 is 2.55 bits per heavy atom. The molecule has 1 N–H and O–H groups in total. The summed E-state index contributed by atoms with van der Waals surface area (Å²) >= 11 is 0. The molecule has 0 aliphatic carbocycles. The third kappa shape index (κ3) is 5.44. The van der Waals surface area contributed by atoms with Gasteiger partial charge in [-0.15, -0.1) is 0 Å². The molecule has 4 rings (SSSR count). The van der Waals surface area contributed by atoms with Crippen LogP contribution in [0.15, 0.2) is 47.1 Å². The first-order chi connectivity index (χ1) is 15.1. The average Bonchev–Trinajstić information content (AvgIpc) is 3.48. The number of hydrogen-bond donors (Lipinski definition) is 1. The van der Waals surface area contributed by atoms with Crippen LogP contribution in [0, 0.1) is 5.82 Å². The standard InChI is InChI=1S/C23H29FN4O3/c24-18-5-7-19(8-6-18)26-12-14-28(15-13-26)22(29)9-11-27-10-1-4-21(27)23(30)25-17-20-3-2-16-31-20/h2-3,5-8,16,21H,1,4,9-15,17H2,(H,25,30). The van der Waals surface area contributed by atoms with Gasteiger partial charge in [0.1, 0.15) is 11.6 Å². The summed E-state index contributed by atoms with van der Waals surface area (Å²) in [7, 11) is 0. The number of carbonyl (C=O) groups is 2. The van der Waals surface area contributed by atoms with E-state index in [-0.39, 0.29) is 23.7 Å². The highest BCUT2D eigenvalue weighted by atomic mass is 19.1. The second-order valence-corrected chi connectivity index (χ2v) is 8.09. The van der Waals surface area contributed by atoms with Crippen LogP contribution < -0.4 is 10.2 Å². The summed E-state index contributed by atoms with van der Waals surface area (Å²) in [6.07, 6.45) is 3.78. The molecule has 2 aliphatic rings. The van der Waals surface area contributed by atoms with Crippen molar-refractivity contribution in [3.05, 3.63) is 54.2 Å². The van der Waals surface area contributed by atoms with Crippen molar-refractivity contribution < 1.29 is 18.4 Å². The van der Waals surface area contributed by atoms with E-state index in [1.54, 1.807) is 24.5 Å². The van der Waals surface area contributed by atoms with Gasteiger partial charge in [0.25, 0.3) is 0 Å². The van der Waals surface area contributed by atoms with Crippen molar-refractivity contribution in [2.45, 2.75) is 31.8 Å². The predicted molar refractivity (Wildman–Crippen MR) is 115 cm³/mol. The van der Waals surface area contributed by atoms with E-state index in [1.165, 1.54) is 12.1 Å². The second-order valence-electron chi connectivity index (χ2n) is 8.09. The van der Waals surface area contributed by atoms with E-state index in [9.17, 15) is 14.0 Å². The number of nitrogens with one attached hydrogen (secondary N) is 1. The first-order valence-electron chi connectivity index (χ1n) is 10.9. The Hall–Kier alpha value is -2.87. The van der Waals surface area contributed by atoms with E-state index in [4.69, 9.17) is 4.42 Å². The monoisotopic (exact) mass is 428 g/mol. The number of likely N-dealkylation sites (tertiary alicyclic amines) is 1. The van der Waals surface area contributed by atoms with E-state index >= 15 is 0 Å². The van der Waals surface area contributed by atoms with Crippen molar-refractivity contribution in [2.24, 2.45) is 0 Å². The first kappa shape index (κ1) is 21.4. The predicted octanol–water partition coefficient (Wildman–Crippen LogP) is 2.24. The average molecular weight is 429 g/mol. The van der Waals surface area contributed by atoms with Gasteiger partial charge in [0.2, 0.25) is 11.8 Å². The number of halogens is 1. The number of piperazine rings is 1. The molecule has 2 fully saturated rings. The highest BCUT2D eigenvalue weighted by molar-refractivity contribution is 5.82. The molecule has 0 radical (unpaired) electrons. The van der Waals surface area contributed by atoms with Crippen LogP contribution in [-0.4, -0.2) is 66.9 Å². The molecule has 2 aliphatic heterocycles. The Labute approximate surface area is 181 Å². The maximum atomic E-state index is 13.1. The molecular formula is C23H29FN4O3. The molecule has 0 bridgehead atoms. The maximum Gasteiger partial charge on any atom is 0.237 e. The van der Waals surface area contributed by atoms with Gasteiger partial charge in [-0.1, -0.05) is 0 Å². The van der Waals surface area contributed by atoms with E-state index in [2.05, 4.69) is 15.1 Å². The van der Waals surface area contributed by atoms with Gasteiger partial charge in [-0.3, -0.25) is 14.5 Å². The fourth-order valence-electron chi connectivity index (χ4n) is 4.36. The van der Waals surface area contributed by atoms with Gasteiger partial charge >= 0.3 is 0 Å². The van der Waals surface area contributed by atoms with Gasteiger partial charge < -0.3 is 19.5 Å². The number of nitrogens with zero attached hydrogens (tertiary/aromatic N) is 3. The van der Waals surface area contributed by atoms with Crippen molar-refractivity contribution in [1.29, 1.82) is 0 Å². The summed E-state index contributed by atoms with van der Waals surface area (Å²) in [5.74, 6) is 0.606. The fraction of sp³-hybridized carbons (Fsp3) is 0.478. The first-order valence-corrected chi connectivity index (χ1v) is 10.9.